The molecule has 0 unspecified atom stereocenters. The molecule has 0 aliphatic rings. The molecular weight excluding hydrogens is 520 g/mol. The Kier molecular flexibility index (Phi) is 13.6. The van der Waals surface area contributed by atoms with Gasteiger partial charge in [-0.25, -0.2) is 10.9 Å². The van der Waals surface area contributed by atoms with Crippen LogP contribution in [0.25, 0.3) is 0 Å². The fourth-order valence-electron chi connectivity index (χ4n) is 3.75. The lowest BCUT2D eigenvalue weighted by Gasteiger charge is -2.12. The maximum absolute atomic E-state index is 12.1. The van der Waals surface area contributed by atoms with Crippen LogP contribution >= 0.6 is 0 Å². The third kappa shape index (κ3) is 9.68. The third-order valence-electron chi connectivity index (χ3n) is 5.74. The molecule has 0 heterocycles. The molecule has 2 rings (SSSR count). The molecule has 0 saturated carbocycles. The van der Waals surface area contributed by atoms with Gasteiger partial charge >= 0.3 is 0 Å². The van der Waals surface area contributed by atoms with Gasteiger partial charge in [0.2, 0.25) is 23.3 Å². The molecule has 2 aromatic rings. The second-order valence-electron chi connectivity index (χ2n) is 8.42. The molecule has 0 bridgehead atoms. The second-order valence-corrected chi connectivity index (χ2v) is 8.42. The van der Waals surface area contributed by atoms with Crippen LogP contribution in [0.1, 0.15) is 49.7 Å². The summed E-state index contributed by atoms with van der Waals surface area (Å²) in [7, 11) is 9.17. The summed E-state index contributed by atoms with van der Waals surface area (Å²) >= 11 is 0. The van der Waals surface area contributed by atoms with Crippen molar-refractivity contribution in [2.75, 3.05) is 42.7 Å². The molecule has 0 radical (unpaired) electrons. The van der Waals surface area contributed by atoms with Crippen LogP contribution in [0.4, 0.5) is 0 Å². The van der Waals surface area contributed by atoms with Crippen LogP contribution in [0.15, 0.2) is 34.5 Å². The lowest BCUT2D eigenvalue weighted by atomic mass is 10.1. The number of methoxy groups -OCH3 is 6. The van der Waals surface area contributed by atoms with Crippen molar-refractivity contribution >= 4 is 24.2 Å². The Hall–Kier alpha value is -4.48. The Morgan fingerprint density at radius 1 is 0.575 bits per heavy atom. The number of benzene rings is 2. The number of ether oxygens (including phenoxy) is 6. The number of hydrogen-bond acceptors (Lipinski definition) is 10. The van der Waals surface area contributed by atoms with E-state index in [1.165, 1.54) is 55.1 Å². The van der Waals surface area contributed by atoms with Crippen molar-refractivity contribution in [3.05, 3.63) is 35.4 Å². The van der Waals surface area contributed by atoms with Crippen LogP contribution < -0.4 is 39.3 Å². The number of carbonyl (C=O) groups is 2. The Morgan fingerprint density at radius 3 is 1.18 bits per heavy atom. The predicted octanol–water partition coefficient (Wildman–Crippen LogP) is 3.68. The van der Waals surface area contributed by atoms with Crippen molar-refractivity contribution < 1.29 is 38.0 Å². The molecule has 0 fully saturated rings. The zero-order chi connectivity index (χ0) is 29.3. The number of nitrogens with one attached hydrogen (secondary N) is 2. The minimum atomic E-state index is -0.192. The van der Waals surface area contributed by atoms with E-state index in [2.05, 4.69) is 21.1 Å². The molecule has 12 heteroatoms. The van der Waals surface area contributed by atoms with Crippen molar-refractivity contribution in [2.45, 2.75) is 38.5 Å². The zero-order valence-electron chi connectivity index (χ0n) is 23.9. The summed E-state index contributed by atoms with van der Waals surface area (Å²) in [6.07, 6.45) is 6.67. The molecule has 0 spiro atoms. The normalized spacial score (nSPS) is 10.8. The van der Waals surface area contributed by atoms with E-state index in [4.69, 9.17) is 28.4 Å². The summed E-state index contributed by atoms with van der Waals surface area (Å²) in [4.78, 5) is 24.2. The van der Waals surface area contributed by atoms with Gasteiger partial charge in [-0.2, -0.15) is 10.2 Å². The Bertz CT molecular complexity index is 1040. The Morgan fingerprint density at radius 2 is 0.900 bits per heavy atom. The van der Waals surface area contributed by atoms with Gasteiger partial charge in [0.25, 0.3) is 0 Å². The highest BCUT2D eigenvalue weighted by atomic mass is 16.5. The molecule has 40 heavy (non-hydrogen) atoms. The average molecular weight is 559 g/mol. The second kappa shape index (κ2) is 17.2. The van der Waals surface area contributed by atoms with Gasteiger partial charge in [0.15, 0.2) is 23.0 Å². The van der Waals surface area contributed by atoms with E-state index < -0.39 is 0 Å². The number of carbonyl (C=O) groups excluding carboxylic acids is 2. The number of hydrazone groups is 2. The maximum Gasteiger partial charge on any atom is 0.240 e. The largest absolute Gasteiger partial charge is 0.493 e. The summed E-state index contributed by atoms with van der Waals surface area (Å²) in [6, 6.07) is 6.91. The van der Waals surface area contributed by atoms with Crippen LogP contribution in [-0.2, 0) is 9.59 Å². The average Bonchev–Trinajstić information content (AvgIpc) is 2.97. The molecule has 0 aromatic heterocycles. The van der Waals surface area contributed by atoms with Gasteiger partial charge < -0.3 is 28.4 Å². The molecule has 218 valence electrons. The number of hydrogen-bond donors (Lipinski definition) is 2. The molecule has 0 saturated heterocycles. The highest BCUT2D eigenvalue weighted by molar-refractivity contribution is 5.85. The molecule has 2 aromatic carbocycles. The number of nitrogens with zero attached hydrogens (tertiary/aromatic N) is 2. The van der Waals surface area contributed by atoms with E-state index >= 15 is 0 Å². The van der Waals surface area contributed by atoms with Crippen LogP contribution in [0, 0.1) is 0 Å². The topological polar surface area (TPSA) is 138 Å². The third-order valence-corrected chi connectivity index (χ3v) is 5.74. The highest BCUT2D eigenvalue weighted by Gasteiger charge is 2.13. The minimum absolute atomic E-state index is 0.192. The SMILES string of the molecule is COc1cc(/C=N/NC(=O)CCCCCCC(=O)N/N=C/c2cc(OC)c(OC)c(OC)c2)cc(OC)c1OC. The van der Waals surface area contributed by atoms with Crippen molar-refractivity contribution in [1.82, 2.24) is 10.9 Å². The van der Waals surface area contributed by atoms with Crippen LogP contribution in [0.2, 0.25) is 0 Å². The molecule has 2 amide bonds. The first-order valence-electron chi connectivity index (χ1n) is 12.6. The van der Waals surface area contributed by atoms with Crippen molar-refractivity contribution in [3.8, 4) is 34.5 Å². The van der Waals surface area contributed by atoms with Gasteiger partial charge in [-0.1, -0.05) is 12.8 Å². The quantitative estimate of drug-likeness (QED) is 0.170. The molecule has 12 nitrogen and oxygen atoms in total. The monoisotopic (exact) mass is 558 g/mol. The smallest absolute Gasteiger partial charge is 0.240 e. The summed E-state index contributed by atoms with van der Waals surface area (Å²) in [5.74, 6) is 2.55. The minimum Gasteiger partial charge on any atom is -0.493 e. The van der Waals surface area contributed by atoms with Gasteiger partial charge in [-0.15, -0.1) is 0 Å². The summed E-state index contributed by atoms with van der Waals surface area (Å²) in [6.45, 7) is 0. The fourth-order valence-corrected chi connectivity index (χ4v) is 3.75. The van der Waals surface area contributed by atoms with Crippen molar-refractivity contribution in [2.24, 2.45) is 10.2 Å². The number of rotatable bonds is 17. The molecule has 0 atom stereocenters. The van der Waals surface area contributed by atoms with E-state index in [1.807, 2.05) is 0 Å². The Labute approximate surface area is 234 Å². The first-order valence-corrected chi connectivity index (χ1v) is 12.6. The van der Waals surface area contributed by atoms with Crippen molar-refractivity contribution in [3.63, 3.8) is 0 Å². The lowest BCUT2D eigenvalue weighted by Crippen LogP contribution is -2.17. The van der Waals surface area contributed by atoms with Gasteiger partial charge in [-0.05, 0) is 37.1 Å². The van der Waals surface area contributed by atoms with Crippen LogP contribution in [0.3, 0.4) is 0 Å². The molecule has 0 aliphatic carbocycles. The summed E-state index contributed by atoms with van der Waals surface area (Å²) in [5.41, 5.74) is 6.39. The fraction of sp³-hybridized carbons (Fsp3) is 0.429. The van der Waals surface area contributed by atoms with Crippen LogP contribution in [0.5, 0.6) is 34.5 Å². The molecular formula is C28H38N4O8. The zero-order valence-corrected chi connectivity index (χ0v) is 23.9. The van der Waals surface area contributed by atoms with Gasteiger partial charge in [0.1, 0.15) is 0 Å². The van der Waals surface area contributed by atoms with Crippen LogP contribution in [-0.4, -0.2) is 66.9 Å². The number of amides is 2. The van der Waals surface area contributed by atoms with Gasteiger partial charge in [0, 0.05) is 24.0 Å². The lowest BCUT2D eigenvalue weighted by molar-refractivity contribution is -0.122. The standard InChI is InChI=1S/C28H38N4O8/c1-35-21-13-19(14-22(36-2)27(21)39-5)17-29-31-25(33)11-9-7-8-10-12-26(34)32-30-18-20-15-23(37-3)28(40-6)24(16-20)38-4/h13-18H,7-12H2,1-6H3,(H,31,33)(H,32,34)/b29-17+,30-18+. The van der Waals surface area contributed by atoms with Crippen molar-refractivity contribution in [1.29, 1.82) is 0 Å². The molecule has 2 N–H and O–H groups in total. The summed E-state index contributed by atoms with van der Waals surface area (Å²) in [5, 5.41) is 8.00. The first-order chi connectivity index (χ1) is 19.4. The summed E-state index contributed by atoms with van der Waals surface area (Å²) < 4.78 is 31.8. The van der Waals surface area contributed by atoms with Gasteiger partial charge in [0.05, 0.1) is 55.1 Å². The van der Waals surface area contributed by atoms with E-state index in [0.717, 1.165) is 12.8 Å². The Balaban J connectivity index is 1.67. The van der Waals surface area contributed by atoms with E-state index in [1.54, 1.807) is 24.3 Å². The highest BCUT2D eigenvalue weighted by Crippen LogP contribution is 2.38. The van der Waals surface area contributed by atoms with E-state index in [9.17, 15) is 9.59 Å². The predicted molar refractivity (Wildman–Crippen MR) is 151 cm³/mol. The molecule has 0 aliphatic heterocycles. The van der Waals surface area contributed by atoms with E-state index in [0.29, 0.717) is 71.3 Å². The van der Waals surface area contributed by atoms with Gasteiger partial charge in [-0.3, -0.25) is 9.59 Å². The number of unbranched alkanes of at least 4 members (excludes halogenated alkanes) is 3. The first kappa shape index (κ1) is 31.7. The maximum atomic E-state index is 12.1. The van der Waals surface area contributed by atoms with E-state index in [-0.39, 0.29) is 11.8 Å².